The lowest BCUT2D eigenvalue weighted by Crippen LogP contribution is -2.42. The number of hydrogen-bond acceptors (Lipinski definition) is 4. The smallest absolute Gasteiger partial charge is 0.207 e. The number of unbranched alkanes of at least 4 members (excludes halogenated alkanes) is 6. The molecule has 0 N–H and O–H groups in total. The maximum absolute atomic E-state index is 5.97. The lowest BCUT2D eigenvalue weighted by atomic mass is 10.1. The number of benzene rings is 1. The average Bonchev–Trinajstić information content (AvgIpc) is 2.95. The second-order valence-corrected chi connectivity index (χ2v) is 6.76. The largest absolute Gasteiger partial charge is 0.361 e. The first-order valence-electron chi connectivity index (χ1n) is 9.68. The highest BCUT2D eigenvalue weighted by Crippen LogP contribution is 2.37. The first kappa shape index (κ1) is 20.1. The molecule has 0 aliphatic carbocycles. The van der Waals surface area contributed by atoms with Gasteiger partial charge in [0.2, 0.25) is 5.96 Å². The average molecular weight is 366 g/mol. The van der Waals surface area contributed by atoms with Gasteiger partial charge in [0, 0.05) is 19.7 Å². The molecule has 140 valence electrons. The van der Waals surface area contributed by atoms with E-state index in [1.165, 1.54) is 49.9 Å². The van der Waals surface area contributed by atoms with Gasteiger partial charge in [0.05, 0.1) is 11.4 Å². The Balaban J connectivity index is 0.00000225. The highest BCUT2D eigenvalue weighted by molar-refractivity contribution is 6.16. The highest BCUT2D eigenvalue weighted by atomic mass is 35.5. The summed E-state index contributed by atoms with van der Waals surface area (Å²) < 4.78 is 5.97. The number of hydrogen-bond donors (Lipinski definition) is 0. The molecule has 0 amide bonds. The van der Waals surface area contributed by atoms with Gasteiger partial charge in [-0.25, -0.2) is 0 Å². The molecular formula is C20H32ClN3O. The summed E-state index contributed by atoms with van der Waals surface area (Å²) >= 11 is 0. The summed E-state index contributed by atoms with van der Waals surface area (Å²) in [5, 5.41) is 0. The van der Waals surface area contributed by atoms with Crippen LogP contribution < -0.4 is 9.80 Å². The van der Waals surface area contributed by atoms with E-state index in [2.05, 4.69) is 41.0 Å². The summed E-state index contributed by atoms with van der Waals surface area (Å²) in [6.45, 7) is 5.71. The fourth-order valence-corrected chi connectivity index (χ4v) is 3.53. The van der Waals surface area contributed by atoms with Crippen LogP contribution in [0, 0.1) is 0 Å². The number of guanidine groups is 1. The SMILES string of the molecule is CCCCCCCCCOCN1C2=NCCCN2c2ccccc21.Cl. The first-order chi connectivity index (χ1) is 11.9. The summed E-state index contributed by atoms with van der Waals surface area (Å²) in [5.74, 6) is 1.07. The van der Waals surface area contributed by atoms with Crippen molar-refractivity contribution in [2.24, 2.45) is 4.99 Å². The molecule has 4 nitrogen and oxygen atoms in total. The normalized spacial score (nSPS) is 15.5. The Morgan fingerprint density at radius 2 is 1.72 bits per heavy atom. The van der Waals surface area contributed by atoms with Crippen LogP contribution >= 0.6 is 12.4 Å². The van der Waals surface area contributed by atoms with Gasteiger partial charge in [0.15, 0.2) is 0 Å². The van der Waals surface area contributed by atoms with Crippen molar-refractivity contribution in [3.05, 3.63) is 24.3 Å². The molecule has 2 heterocycles. The van der Waals surface area contributed by atoms with Crippen LogP contribution in [0.1, 0.15) is 58.3 Å². The van der Waals surface area contributed by atoms with Gasteiger partial charge in [-0.15, -0.1) is 12.4 Å². The first-order valence-corrected chi connectivity index (χ1v) is 9.68. The van der Waals surface area contributed by atoms with Crippen LogP contribution in [0.25, 0.3) is 0 Å². The number of nitrogens with zero attached hydrogens (tertiary/aromatic N) is 3. The van der Waals surface area contributed by atoms with E-state index in [-0.39, 0.29) is 12.4 Å². The minimum atomic E-state index is 0. The molecule has 25 heavy (non-hydrogen) atoms. The van der Waals surface area contributed by atoms with Crippen LogP contribution in [0.3, 0.4) is 0 Å². The predicted octanol–water partition coefficient (Wildman–Crippen LogP) is 5.22. The zero-order valence-electron chi connectivity index (χ0n) is 15.5. The third-order valence-electron chi connectivity index (χ3n) is 4.85. The van der Waals surface area contributed by atoms with Gasteiger partial charge in [-0.05, 0) is 25.0 Å². The van der Waals surface area contributed by atoms with Crippen molar-refractivity contribution in [3.63, 3.8) is 0 Å². The molecule has 1 aromatic rings. The minimum Gasteiger partial charge on any atom is -0.361 e. The van der Waals surface area contributed by atoms with Crippen molar-refractivity contribution in [2.75, 3.05) is 36.2 Å². The zero-order valence-corrected chi connectivity index (χ0v) is 16.3. The van der Waals surface area contributed by atoms with Crippen LogP contribution in [0.5, 0.6) is 0 Å². The number of halogens is 1. The Hall–Kier alpha value is -1.26. The van der Waals surface area contributed by atoms with E-state index in [0.717, 1.165) is 38.5 Å². The summed E-state index contributed by atoms with van der Waals surface area (Å²) in [4.78, 5) is 9.29. The van der Waals surface area contributed by atoms with Gasteiger partial charge in [-0.1, -0.05) is 57.6 Å². The molecule has 0 bridgehead atoms. The Labute approximate surface area is 158 Å². The number of anilines is 2. The Kier molecular flexibility index (Phi) is 8.56. The predicted molar refractivity (Wildman–Crippen MR) is 109 cm³/mol. The fraction of sp³-hybridized carbons (Fsp3) is 0.650. The zero-order chi connectivity index (χ0) is 16.6. The second-order valence-electron chi connectivity index (χ2n) is 6.76. The lowest BCUT2D eigenvalue weighted by Gasteiger charge is -2.26. The maximum atomic E-state index is 5.97. The van der Waals surface area contributed by atoms with E-state index in [1.54, 1.807) is 0 Å². The molecule has 2 aliphatic rings. The van der Waals surface area contributed by atoms with Crippen molar-refractivity contribution in [1.29, 1.82) is 0 Å². The van der Waals surface area contributed by atoms with E-state index in [0.29, 0.717) is 6.73 Å². The number of para-hydroxylation sites is 2. The van der Waals surface area contributed by atoms with Crippen LogP contribution in [0.4, 0.5) is 11.4 Å². The van der Waals surface area contributed by atoms with Crippen molar-refractivity contribution in [2.45, 2.75) is 58.3 Å². The monoisotopic (exact) mass is 365 g/mol. The Morgan fingerprint density at radius 1 is 1.00 bits per heavy atom. The van der Waals surface area contributed by atoms with Gasteiger partial charge in [0.25, 0.3) is 0 Å². The molecule has 0 atom stereocenters. The number of aliphatic imine (C=N–C) groups is 1. The van der Waals surface area contributed by atoms with Crippen molar-refractivity contribution in [1.82, 2.24) is 0 Å². The Morgan fingerprint density at radius 3 is 2.52 bits per heavy atom. The quantitative estimate of drug-likeness (QED) is 0.532. The number of rotatable bonds is 10. The third-order valence-corrected chi connectivity index (χ3v) is 4.85. The van der Waals surface area contributed by atoms with Crippen molar-refractivity contribution in [3.8, 4) is 0 Å². The molecule has 0 unspecified atom stereocenters. The molecule has 0 saturated carbocycles. The fourth-order valence-electron chi connectivity index (χ4n) is 3.53. The van der Waals surface area contributed by atoms with E-state index < -0.39 is 0 Å². The summed E-state index contributed by atoms with van der Waals surface area (Å²) in [7, 11) is 0. The number of fused-ring (bicyclic) bond motifs is 3. The maximum Gasteiger partial charge on any atom is 0.207 e. The van der Waals surface area contributed by atoms with Crippen LogP contribution in [0.2, 0.25) is 0 Å². The molecule has 2 aliphatic heterocycles. The third kappa shape index (κ3) is 5.11. The molecule has 1 aromatic carbocycles. The van der Waals surface area contributed by atoms with E-state index >= 15 is 0 Å². The second kappa shape index (κ2) is 10.7. The summed E-state index contributed by atoms with van der Waals surface area (Å²) in [5.41, 5.74) is 2.51. The van der Waals surface area contributed by atoms with Crippen LogP contribution in [-0.2, 0) is 4.74 Å². The van der Waals surface area contributed by atoms with E-state index in [1.807, 2.05) is 0 Å². The molecule has 3 rings (SSSR count). The summed E-state index contributed by atoms with van der Waals surface area (Å²) in [6, 6.07) is 8.56. The Bertz CT molecular complexity index is 549. The molecule has 0 fully saturated rings. The van der Waals surface area contributed by atoms with Gasteiger partial charge < -0.3 is 9.64 Å². The highest BCUT2D eigenvalue weighted by Gasteiger charge is 2.33. The molecule has 0 spiro atoms. The van der Waals surface area contributed by atoms with Crippen molar-refractivity contribution < 1.29 is 4.74 Å². The summed E-state index contributed by atoms with van der Waals surface area (Å²) in [6.07, 6.45) is 10.4. The topological polar surface area (TPSA) is 28.1 Å². The standard InChI is InChI=1S/C20H31N3O.ClH/c1-2-3-4-5-6-7-10-16-24-17-23-19-13-9-8-12-18(19)22-15-11-14-21-20(22)23;/h8-9,12-13H,2-7,10-11,14-17H2,1H3;1H. The van der Waals surface area contributed by atoms with E-state index in [9.17, 15) is 0 Å². The number of ether oxygens (including phenoxy) is 1. The molecule has 5 heteroatoms. The minimum absolute atomic E-state index is 0. The van der Waals surface area contributed by atoms with Gasteiger partial charge in [-0.3, -0.25) is 9.89 Å². The van der Waals surface area contributed by atoms with Crippen LogP contribution in [-0.4, -0.2) is 32.4 Å². The van der Waals surface area contributed by atoms with Gasteiger partial charge in [0.1, 0.15) is 6.73 Å². The van der Waals surface area contributed by atoms with Gasteiger partial charge in [-0.2, -0.15) is 0 Å². The molecular weight excluding hydrogens is 334 g/mol. The molecule has 0 saturated heterocycles. The van der Waals surface area contributed by atoms with Crippen LogP contribution in [0.15, 0.2) is 29.3 Å². The lowest BCUT2D eigenvalue weighted by molar-refractivity contribution is 0.137. The molecule has 0 radical (unpaired) electrons. The van der Waals surface area contributed by atoms with Crippen molar-refractivity contribution >= 4 is 29.7 Å². The van der Waals surface area contributed by atoms with E-state index in [4.69, 9.17) is 9.73 Å². The molecule has 0 aromatic heterocycles. The van der Waals surface area contributed by atoms with Gasteiger partial charge >= 0.3 is 0 Å².